The van der Waals surface area contributed by atoms with Gasteiger partial charge in [0, 0.05) is 17.9 Å². The third kappa shape index (κ3) is 4.24. The van der Waals surface area contributed by atoms with Crippen LogP contribution in [0.5, 0.6) is 0 Å². The molecule has 3 aliphatic heterocycles. The van der Waals surface area contributed by atoms with Crippen molar-refractivity contribution in [2.45, 2.75) is 18.9 Å². The first kappa shape index (κ1) is 22.7. The number of rotatable bonds is 5. The van der Waals surface area contributed by atoms with Crippen molar-refractivity contribution in [1.29, 1.82) is 0 Å². The molecule has 2 saturated heterocycles. The van der Waals surface area contributed by atoms with Gasteiger partial charge in [-0.05, 0) is 43.2 Å². The Morgan fingerprint density at radius 2 is 1.88 bits per heavy atom. The number of carbonyl (C=O) groups is 3. The molecule has 0 spiro atoms. The molecule has 3 heterocycles. The summed E-state index contributed by atoms with van der Waals surface area (Å²) >= 11 is 6.55. The van der Waals surface area contributed by atoms with Gasteiger partial charge in [0.1, 0.15) is 16.7 Å². The number of hydrogen-bond donors (Lipinski definition) is 1. The maximum atomic E-state index is 13.5. The Morgan fingerprint density at radius 1 is 1.12 bits per heavy atom. The third-order valence-corrected chi connectivity index (χ3v) is 7.29. The topological polar surface area (TPSA) is 79.0 Å². The molecule has 0 bridgehead atoms. The number of amides is 3. The van der Waals surface area contributed by atoms with E-state index in [4.69, 9.17) is 17.0 Å². The van der Waals surface area contributed by atoms with Crippen molar-refractivity contribution < 1.29 is 23.5 Å². The average Bonchev–Trinajstić information content (AvgIpc) is 3.50. The van der Waals surface area contributed by atoms with E-state index in [1.54, 1.807) is 24.3 Å². The second-order valence-corrected chi connectivity index (χ2v) is 9.73. The molecule has 174 valence electrons. The fraction of sp³-hybridized carbons (Fsp3) is 0.250. The summed E-state index contributed by atoms with van der Waals surface area (Å²) in [6.07, 6.45) is 1.74. The van der Waals surface area contributed by atoms with Gasteiger partial charge < -0.3 is 10.1 Å². The molecule has 1 atom stereocenters. The lowest BCUT2D eigenvalue weighted by atomic mass is 10.1. The minimum absolute atomic E-state index is 0.0647. The van der Waals surface area contributed by atoms with Crippen LogP contribution in [0.1, 0.15) is 18.4 Å². The number of para-hydroxylation sites is 1. The van der Waals surface area contributed by atoms with Crippen molar-refractivity contribution in [3.8, 4) is 0 Å². The number of carbonyl (C=O) groups excluding carboxylic acids is 3. The summed E-state index contributed by atoms with van der Waals surface area (Å²) in [4.78, 5) is 42.5. The first-order valence-electron chi connectivity index (χ1n) is 10.8. The van der Waals surface area contributed by atoms with Crippen LogP contribution in [0.15, 0.2) is 53.4 Å². The van der Waals surface area contributed by atoms with Crippen molar-refractivity contribution in [3.63, 3.8) is 0 Å². The Hall–Kier alpha value is -3.08. The maximum absolute atomic E-state index is 13.5. The summed E-state index contributed by atoms with van der Waals surface area (Å²) in [5, 5.41) is 2.66. The number of nitrogens with zero attached hydrogens (tertiary/aromatic N) is 2. The second kappa shape index (κ2) is 9.28. The van der Waals surface area contributed by atoms with Gasteiger partial charge in [-0.15, -0.1) is 0 Å². The largest absolute Gasteiger partial charge is 0.376 e. The van der Waals surface area contributed by atoms with E-state index in [0.717, 1.165) is 24.6 Å². The van der Waals surface area contributed by atoms with Gasteiger partial charge in [-0.3, -0.25) is 24.2 Å². The zero-order valence-corrected chi connectivity index (χ0v) is 19.6. The minimum atomic E-state index is -0.443. The predicted molar refractivity (Wildman–Crippen MR) is 132 cm³/mol. The van der Waals surface area contributed by atoms with Gasteiger partial charge in [-0.1, -0.05) is 42.2 Å². The number of benzene rings is 2. The lowest BCUT2D eigenvalue weighted by molar-refractivity contribution is -0.123. The third-order valence-electron chi connectivity index (χ3n) is 5.84. The molecule has 1 N–H and O–H groups in total. The van der Waals surface area contributed by atoms with Crippen LogP contribution in [-0.2, 0) is 19.1 Å². The van der Waals surface area contributed by atoms with Gasteiger partial charge in [-0.25, -0.2) is 4.39 Å². The van der Waals surface area contributed by atoms with Gasteiger partial charge in [-0.2, -0.15) is 0 Å². The molecule has 0 aliphatic carbocycles. The molecule has 34 heavy (non-hydrogen) atoms. The summed E-state index contributed by atoms with van der Waals surface area (Å²) in [5.74, 6) is -1.61. The molecule has 2 aromatic carbocycles. The van der Waals surface area contributed by atoms with Crippen molar-refractivity contribution in [2.75, 3.05) is 29.9 Å². The van der Waals surface area contributed by atoms with Crippen LogP contribution in [0, 0.1) is 5.82 Å². The van der Waals surface area contributed by atoms with E-state index in [-0.39, 0.29) is 29.0 Å². The molecule has 0 unspecified atom stereocenters. The minimum Gasteiger partial charge on any atom is -0.376 e. The molecular formula is C24H20FN3O4S2. The van der Waals surface area contributed by atoms with Crippen LogP contribution in [0.4, 0.5) is 15.8 Å². The SMILES string of the molecule is O=C(CN1C(=O)/C(=C2\SC(=S)N(C[C@H]3CCCO3)C2=O)c2ccccc21)Nc1ccc(F)cc1. The molecule has 2 aromatic rings. The Kier molecular flexibility index (Phi) is 6.20. The maximum Gasteiger partial charge on any atom is 0.267 e. The zero-order valence-electron chi connectivity index (χ0n) is 18.0. The normalized spacial score (nSPS) is 22.0. The smallest absolute Gasteiger partial charge is 0.267 e. The second-order valence-electron chi connectivity index (χ2n) is 8.09. The van der Waals surface area contributed by atoms with Crippen LogP contribution in [0.2, 0.25) is 0 Å². The highest BCUT2D eigenvalue weighted by Crippen LogP contribution is 2.44. The van der Waals surface area contributed by atoms with Gasteiger partial charge in [0.15, 0.2) is 0 Å². The molecule has 0 saturated carbocycles. The molecule has 3 aliphatic rings. The van der Waals surface area contributed by atoms with Gasteiger partial charge in [0.05, 0.1) is 28.8 Å². The number of anilines is 2. The van der Waals surface area contributed by atoms with E-state index in [1.807, 2.05) is 0 Å². The van der Waals surface area contributed by atoms with Crippen molar-refractivity contribution in [1.82, 2.24) is 4.90 Å². The summed E-state index contributed by atoms with van der Waals surface area (Å²) in [7, 11) is 0. The monoisotopic (exact) mass is 497 g/mol. The average molecular weight is 498 g/mol. The zero-order chi connectivity index (χ0) is 23.8. The van der Waals surface area contributed by atoms with Gasteiger partial charge in [0.2, 0.25) is 5.91 Å². The van der Waals surface area contributed by atoms with Crippen LogP contribution in [0.25, 0.3) is 5.57 Å². The van der Waals surface area contributed by atoms with Crippen molar-refractivity contribution in [3.05, 3.63) is 64.8 Å². The highest BCUT2D eigenvalue weighted by Gasteiger charge is 2.43. The number of fused-ring (bicyclic) bond motifs is 1. The molecule has 3 amide bonds. The summed E-state index contributed by atoms with van der Waals surface area (Å²) in [6.45, 7) is 0.773. The predicted octanol–water partition coefficient (Wildman–Crippen LogP) is 3.56. The summed E-state index contributed by atoms with van der Waals surface area (Å²) in [5.41, 5.74) is 1.79. The number of hydrogen-bond acceptors (Lipinski definition) is 6. The van der Waals surface area contributed by atoms with Crippen molar-refractivity contribution in [2.24, 2.45) is 0 Å². The van der Waals surface area contributed by atoms with E-state index >= 15 is 0 Å². The Morgan fingerprint density at radius 3 is 2.62 bits per heavy atom. The molecule has 0 aromatic heterocycles. The number of thioether (sulfide) groups is 1. The fourth-order valence-corrected chi connectivity index (χ4v) is 5.58. The van der Waals surface area contributed by atoms with Crippen molar-refractivity contribution >= 4 is 63.0 Å². The Bertz CT molecular complexity index is 1220. The van der Waals surface area contributed by atoms with Gasteiger partial charge >= 0.3 is 0 Å². The molecule has 0 radical (unpaired) electrons. The van der Waals surface area contributed by atoms with E-state index < -0.39 is 17.6 Å². The van der Waals surface area contributed by atoms with E-state index in [1.165, 1.54) is 34.1 Å². The molecule has 7 nitrogen and oxygen atoms in total. The Labute approximate surface area is 204 Å². The van der Waals surface area contributed by atoms with E-state index in [2.05, 4.69) is 5.32 Å². The molecular weight excluding hydrogens is 477 g/mol. The summed E-state index contributed by atoms with van der Waals surface area (Å²) in [6, 6.07) is 12.4. The standard InChI is InChI=1S/C24H20FN3O4S2/c25-14-7-9-15(10-8-14)26-19(29)13-27-18-6-2-1-5-17(18)20(22(27)30)21-23(31)28(24(33)34-21)12-16-4-3-11-32-16/h1-2,5-10,16H,3-4,11-13H2,(H,26,29)/b21-20-/t16-/m1/s1. The lowest BCUT2D eigenvalue weighted by Gasteiger charge is -2.18. The lowest BCUT2D eigenvalue weighted by Crippen LogP contribution is -2.36. The number of ether oxygens (including phenoxy) is 1. The van der Waals surface area contributed by atoms with E-state index in [9.17, 15) is 18.8 Å². The first-order chi connectivity index (χ1) is 16.4. The van der Waals surface area contributed by atoms with Gasteiger partial charge in [0.25, 0.3) is 11.8 Å². The van der Waals surface area contributed by atoms with Crippen LogP contribution in [0.3, 0.4) is 0 Å². The first-order valence-corrected chi connectivity index (χ1v) is 12.0. The molecule has 10 heteroatoms. The Balaban J connectivity index is 1.41. The quantitative estimate of drug-likeness (QED) is 0.503. The number of halogens is 1. The van der Waals surface area contributed by atoms with Crippen LogP contribution < -0.4 is 10.2 Å². The highest BCUT2D eigenvalue weighted by molar-refractivity contribution is 8.26. The number of thiocarbonyl (C=S) groups is 1. The molecule has 5 rings (SSSR count). The number of nitrogens with one attached hydrogen (secondary N) is 1. The van der Waals surface area contributed by atoms with E-state index in [0.29, 0.717) is 34.4 Å². The molecule has 2 fully saturated rings. The van der Waals surface area contributed by atoms with Crippen LogP contribution >= 0.6 is 24.0 Å². The van der Waals surface area contributed by atoms with Crippen LogP contribution in [-0.4, -0.2) is 52.7 Å². The highest BCUT2D eigenvalue weighted by atomic mass is 32.2. The summed E-state index contributed by atoms with van der Waals surface area (Å²) < 4.78 is 19.2. The fourth-order valence-electron chi connectivity index (χ4n) is 4.23.